The highest BCUT2D eigenvalue weighted by Crippen LogP contribution is 2.24. The molecule has 7 heteroatoms. The molecule has 0 saturated carbocycles. The van der Waals surface area contributed by atoms with Gasteiger partial charge in [0.1, 0.15) is 0 Å². The number of hydrogen-bond acceptors (Lipinski definition) is 3. The number of aryl methyl sites for hydroxylation is 3. The van der Waals surface area contributed by atoms with E-state index in [2.05, 4.69) is 10.3 Å². The number of nitrogens with one attached hydrogen (secondary N) is 2. The Kier molecular flexibility index (Phi) is 4.05. The molecule has 0 fully saturated rings. The maximum atomic E-state index is 12.5. The molecule has 6 nitrogen and oxygen atoms in total. The summed E-state index contributed by atoms with van der Waals surface area (Å²) in [6, 6.07) is 12.6. The minimum Gasteiger partial charge on any atom is -0.350 e. The summed E-state index contributed by atoms with van der Waals surface area (Å²) in [4.78, 5) is 14.9. The van der Waals surface area contributed by atoms with Gasteiger partial charge in [0.25, 0.3) is 15.9 Å². The molecule has 0 radical (unpaired) electrons. The van der Waals surface area contributed by atoms with E-state index in [4.69, 9.17) is 0 Å². The molecule has 1 aliphatic rings. The van der Waals surface area contributed by atoms with Crippen LogP contribution in [0.5, 0.6) is 0 Å². The van der Waals surface area contributed by atoms with Gasteiger partial charge < -0.3 is 4.57 Å². The van der Waals surface area contributed by atoms with E-state index in [1.54, 1.807) is 18.3 Å². The average Bonchev–Trinajstić information content (AvgIpc) is 3.24. The van der Waals surface area contributed by atoms with Crippen LogP contribution >= 0.6 is 0 Å². The fourth-order valence-corrected chi connectivity index (χ4v) is 4.37. The van der Waals surface area contributed by atoms with Gasteiger partial charge in [-0.3, -0.25) is 10.2 Å². The van der Waals surface area contributed by atoms with Crippen LogP contribution < -0.4 is 10.3 Å². The van der Waals surface area contributed by atoms with Crippen LogP contribution in [0.25, 0.3) is 10.9 Å². The van der Waals surface area contributed by atoms with Crippen molar-refractivity contribution >= 4 is 26.8 Å². The van der Waals surface area contributed by atoms with Crippen LogP contribution in [0.2, 0.25) is 0 Å². The number of amides is 1. The van der Waals surface area contributed by atoms with Gasteiger partial charge in [-0.2, -0.15) is 0 Å². The Morgan fingerprint density at radius 3 is 2.69 bits per heavy atom. The van der Waals surface area contributed by atoms with Gasteiger partial charge >= 0.3 is 0 Å². The van der Waals surface area contributed by atoms with Crippen LogP contribution in [0.1, 0.15) is 27.9 Å². The average molecular weight is 369 g/mol. The highest BCUT2D eigenvalue weighted by molar-refractivity contribution is 7.89. The van der Waals surface area contributed by atoms with Crippen molar-refractivity contribution in [2.75, 3.05) is 0 Å². The molecule has 1 aromatic heterocycles. The number of rotatable bonds is 4. The maximum absolute atomic E-state index is 12.5. The zero-order valence-corrected chi connectivity index (χ0v) is 15.1. The van der Waals surface area contributed by atoms with Crippen LogP contribution in [0, 0.1) is 0 Å². The zero-order chi connectivity index (χ0) is 18.3. The quantitative estimate of drug-likeness (QED) is 0.693. The van der Waals surface area contributed by atoms with Crippen LogP contribution in [-0.4, -0.2) is 18.9 Å². The summed E-state index contributed by atoms with van der Waals surface area (Å²) in [5.41, 5.74) is 5.90. The lowest BCUT2D eigenvalue weighted by Crippen LogP contribution is -2.41. The number of carbonyl (C=O) groups excluding carboxylic acids is 1. The minimum atomic E-state index is -3.82. The van der Waals surface area contributed by atoms with Crippen LogP contribution in [0.15, 0.2) is 53.6 Å². The summed E-state index contributed by atoms with van der Waals surface area (Å²) in [5.74, 6) is -0.494. The Morgan fingerprint density at radius 2 is 1.85 bits per heavy atom. The zero-order valence-electron chi connectivity index (χ0n) is 14.3. The number of fused-ring (bicyclic) bond motifs is 2. The molecule has 0 bridgehead atoms. The fourth-order valence-electron chi connectivity index (χ4n) is 3.48. The molecule has 4 rings (SSSR count). The Balaban J connectivity index is 1.55. The second-order valence-corrected chi connectivity index (χ2v) is 8.20. The SMILES string of the molecule is Cn1cc(C(=O)NNS(=O)(=O)c2ccc3c(c2)CCC3)c2ccccc21. The van der Waals surface area contributed by atoms with Crippen molar-refractivity contribution < 1.29 is 13.2 Å². The van der Waals surface area contributed by atoms with Gasteiger partial charge in [0.2, 0.25) is 0 Å². The van der Waals surface area contributed by atoms with Crippen LogP contribution in [0.3, 0.4) is 0 Å². The molecule has 3 aromatic rings. The van der Waals surface area contributed by atoms with E-state index in [0.29, 0.717) is 5.56 Å². The number of hydrazine groups is 1. The molecule has 2 aromatic carbocycles. The van der Waals surface area contributed by atoms with Gasteiger partial charge in [0.15, 0.2) is 0 Å². The number of sulfonamides is 1. The van der Waals surface area contributed by atoms with Crippen LogP contribution in [-0.2, 0) is 29.9 Å². The Morgan fingerprint density at radius 1 is 1.08 bits per heavy atom. The monoisotopic (exact) mass is 369 g/mol. The standard InChI is InChI=1S/C19H19N3O3S/c1-22-12-17(16-7-2-3-8-18(16)22)19(23)20-21-26(24,25)15-10-9-13-5-4-6-14(13)11-15/h2-3,7-12,21H,4-6H2,1H3,(H,20,23). The molecule has 1 aliphatic carbocycles. The number of aromatic nitrogens is 1. The highest BCUT2D eigenvalue weighted by atomic mass is 32.2. The Bertz CT molecular complexity index is 1120. The van der Waals surface area contributed by atoms with E-state index in [0.717, 1.165) is 35.7 Å². The van der Waals surface area contributed by atoms with Crippen molar-refractivity contribution in [3.8, 4) is 0 Å². The van der Waals surface area contributed by atoms with Gasteiger partial charge in [-0.15, -0.1) is 4.83 Å². The third-order valence-corrected chi connectivity index (χ3v) is 6.07. The summed E-state index contributed by atoms with van der Waals surface area (Å²) in [6.07, 6.45) is 4.61. The highest BCUT2D eigenvalue weighted by Gasteiger charge is 2.20. The van der Waals surface area contributed by atoms with Gasteiger partial charge in [0, 0.05) is 24.1 Å². The first-order valence-corrected chi connectivity index (χ1v) is 9.92. The molecule has 0 spiro atoms. The smallest absolute Gasteiger partial charge is 0.268 e. The molecule has 1 amide bonds. The van der Waals surface area contributed by atoms with Crippen molar-refractivity contribution in [1.82, 2.24) is 14.8 Å². The van der Waals surface area contributed by atoms with Gasteiger partial charge in [-0.25, -0.2) is 8.42 Å². The van der Waals surface area contributed by atoms with E-state index in [9.17, 15) is 13.2 Å². The van der Waals surface area contributed by atoms with Crippen molar-refractivity contribution in [3.05, 3.63) is 65.4 Å². The predicted molar refractivity (Wildman–Crippen MR) is 99.2 cm³/mol. The summed E-state index contributed by atoms with van der Waals surface area (Å²) < 4.78 is 26.8. The molecule has 2 N–H and O–H groups in total. The third kappa shape index (κ3) is 2.89. The summed E-state index contributed by atoms with van der Waals surface area (Å²) in [7, 11) is -1.98. The van der Waals surface area contributed by atoms with E-state index in [-0.39, 0.29) is 4.90 Å². The molecular weight excluding hydrogens is 350 g/mol. The first kappa shape index (κ1) is 16.8. The van der Waals surface area contributed by atoms with E-state index >= 15 is 0 Å². The van der Waals surface area contributed by atoms with E-state index < -0.39 is 15.9 Å². The Hall–Kier alpha value is -2.64. The van der Waals surface area contributed by atoms with Gasteiger partial charge in [0.05, 0.1) is 10.5 Å². The topological polar surface area (TPSA) is 80.2 Å². The summed E-state index contributed by atoms with van der Waals surface area (Å²) in [6.45, 7) is 0. The lowest BCUT2D eigenvalue weighted by atomic mass is 10.1. The summed E-state index contributed by atoms with van der Waals surface area (Å²) >= 11 is 0. The minimum absolute atomic E-state index is 0.163. The maximum Gasteiger partial charge on any atom is 0.268 e. The molecule has 0 unspecified atom stereocenters. The fraction of sp³-hybridized carbons (Fsp3) is 0.211. The summed E-state index contributed by atoms with van der Waals surface area (Å²) in [5, 5.41) is 0.768. The van der Waals surface area contributed by atoms with Crippen molar-refractivity contribution in [2.45, 2.75) is 24.2 Å². The molecule has 0 aliphatic heterocycles. The van der Waals surface area contributed by atoms with Crippen molar-refractivity contribution in [3.63, 3.8) is 0 Å². The van der Waals surface area contributed by atoms with Crippen molar-refractivity contribution in [1.29, 1.82) is 0 Å². The molecule has 26 heavy (non-hydrogen) atoms. The molecule has 0 saturated heterocycles. The number of benzene rings is 2. The molecule has 134 valence electrons. The number of carbonyl (C=O) groups is 1. The first-order chi connectivity index (χ1) is 12.5. The normalized spacial score (nSPS) is 13.7. The lowest BCUT2D eigenvalue weighted by molar-refractivity contribution is 0.0946. The van der Waals surface area contributed by atoms with Crippen molar-refractivity contribution in [2.24, 2.45) is 7.05 Å². The van der Waals surface area contributed by atoms with E-state index in [1.165, 1.54) is 5.56 Å². The lowest BCUT2D eigenvalue weighted by Gasteiger charge is -2.09. The van der Waals surface area contributed by atoms with Gasteiger partial charge in [-0.1, -0.05) is 24.3 Å². The Labute approximate surface area is 151 Å². The first-order valence-electron chi connectivity index (χ1n) is 8.44. The van der Waals surface area contributed by atoms with Crippen LogP contribution in [0.4, 0.5) is 0 Å². The molecule has 0 atom stereocenters. The third-order valence-electron chi connectivity index (χ3n) is 4.82. The number of para-hydroxylation sites is 1. The van der Waals surface area contributed by atoms with E-state index in [1.807, 2.05) is 41.9 Å². The number of nitrogens with zero attached hydrogens (tertiary/aromatic N) is 1. The molecule has 1 heterocycles. The number of hydrogen-bond donors (Lipinski definition) is 2. The molecular formula is C19H19N3O3S. The largest absolute Gasteiger partial charge is 0.350 e. The van der Waals surface area contributed by atoms with Gasteiger partial charge in [-0.05, 0) is 48.6 Å². The second-order valence-electron chi connectivity index (χ2n) is 6.51. The second kappa shape index (κ2) is 6.26. The predicted octanol–water partition coefficient (Wildman–Crippen LogP) is 2.29.